The molecular weight excluding hydrogens is 260 g/mol. The van der Waals surface area contributed by atoms with E-state index >= 15 is 0 Å². The summed E-state index contributed by atoms with van der Waals surface area (Å²) in [7, 11) is 0. The fourth-order valence-corrected chi connectivity index (χ4v) is 2.96. The second kappa shape index (κ2) is 7.76. The lowest BCUT2D eigenvalue weighted by Gasteiger charge is -2.37. The Labute approximate surface area is 129 Å². The van der Waals surface area contributed by atoms with Crippen LogP contribution in [-0.2, 0) is 6.42 Å². The number of hydrogen-bond donors (Lipinski definition) is 1. The zero-order valence-corrected chi connectivity index (χ0v) is 13.8. The van der Waals surface area contributed by atoms with Crippen molar-refractivity contribution in [3.8, 4) is 0 Å². The van der Waals surface area contributed by atoms with Crippen LogP contribution in [0.3, 0.4) is 0 Å². The van der Waals surface area contributed by atoms with E-state index < -0.39 is 0 Å². The highest BCUT2D eigenvalue weighted by molar-refractivity contribution is 5.47. The molecule has 0 spiro atoms. The van der Waals surface area contributed by atoms with Gasteiger partial charge in [-0.05, 0) is 30.4 Å². The Morgan fingerprint density at radius 1 is 1.24 bits per heavy atom. The van der Waals surface area contributed by atoms with Crippen LogP contribution < -0.4 is 10.6 Å². The van der Waals surface area contributed by atoms with Crippen LogP contribution in [0.1, 0.15) is 32.8 Å². The molecule has 0 amide bonds. The number of nitrogens with zero attached hydrogens (tertiary/aromatic N) is 3. The summed E-state index contributed by atoms with van der Waals surface area (Å²) in [6, 6.07) is 4.43. The van der Waals surface area contributed by atoms with E-state index in [1.54, 1.807) is 0 Å². The minimum atomic E-state index is 0.232. The molecule has 4 nitrogen and oxygen atoms in total. The van der Waals surface area contributed by atoms with Crippen LogP contribution in [-0.4, -0.2) is 48.6 Å². The standard InChI is InChI=1S/C17H30N4/c1-4-16(18)12-15-6-5-7-19-17(15)21-10-8-20(9-11-21)13-14(2)3/h5-7,14,16H,4,8-13,18H2,1-3H3. The first-order valence-electron chi connectivity index (χ1n) is 8.27. The van der Waals surface area contributed by atoms with Crippen LogP contribution in [0, 0.1) is 5.92 Å². The first-order valence-corrected chi connectivity index (χ1v) is 8.27. The molecule has 21 heavy (non-hydrogen) atoms. The molecule has 1 saturated heterocycles. The second-order valence-corrected chi connectivity index (χ2v) is 6.54. The molecule has 2 N–H and O–H groups in total. The van der Waals surface area contributed by atoms with Crippen molar-refractivity contribution < 1.29 is 0 Å². The van der Waals surface area contributed by atoms with Gasteiger partial charge in [0.05, 0.1) is 0 Å². The molecule has 4 heteroatoms. The number of anilines is 1. The van der Waals surface area contributed by atoms with Gasteiger partial charge >= 0.3 is 0 Å². The summed E-state index contributed by atoms with van der Waals surface area (Å²) in [6.07, 6.45) is 3.83. The van der Waals surface area contributed by atoms with Crippen LogP contribution in [0.5, 0.6) is 0 Å². The summed E-state index contributed by atoms with van der Waals surface area (Å²) in [5.74, 6) is 1.88. The number of hydrogen-bond acceptors (Lipinski definition) is 4. The average Bonchev–Trinajstić information content (AvgIpc) is 2.48. The van der Waals surface area contributed by atoms with E-state index in [-0.39, 0.29) is 6.04 Å². The Kier molecular flexibility index (Phi) is 6.00. The van der Waals surface area contributed by atoms with Gasteiger partial charge in [0.15, 0.2) is 0 Å². The van der Waals surface area contributed by atoms with Crippen LogP contribution >= 0.6 is 0 Å². The fraction of sp³-hybridized carbons (Fsp3) is 0.706. The van der Waals surface area contributed by atoms with Crippen molar-refractivity contribution in [2.75, 3.05) is 37.6 Å². The molecule has 0 saturated carbocycles. The highest BCUT2D eigenvalue weighted by atomic mass is 15.3. The SMILES string of the molecule is CCC(N)Cc1cccnc1N1CCN(CC(C)C)CC1. The molecule has 118 valence electrons. The predicted octanol–water partition coefficient (Wildman–Crippen LogP) is 2.14. The van der Waals surface area contributed by atoms with Gasteiger partial charge in [-0.3, -0.25) is 4.90 Å². The molecule has 1 unspecified atom stereocenters. The summed E-state index contributed by atoms with van der Waals surface area (Å²) < 4.78 is 0. The van der Waals surface area contributed by atoms with Gasteiger partial charge in [-0.25, -0.2) is 4.98 Å². The zero-order chi connectivity index (χ0) is 15.2. The molecule has 2 rings (SSSR count). The molecule has 1 aliphatic heterocycles. The van der Waals surface area contributed by atoms with Crippen LogP contribution in [0.15, 0.2) is 18.3 Å². The first kappa shape index (κ1) is 16.2. The highest BCUT2D eigenvalue weighted by Gasteiger charge is 2.20. The maximum atomic E-state index is 6.13. The quantitative estimate of drug-likeness (QED) is 0.872. The Hall–Kier alpha value is -1.13. The molecule has 1 aromatic rings. The Morgan fingerprint density at radius 2 is 1.95 bits per heavy atom. The van der Waals surface area contributed by atoms with Crippen molar-refractivity contribution in [3.05, 3.63) is 23.9 Å². The molecular formula is C17H30N4. The summed E-state index contributed by atoms with van der Waals surface area (Å²) in [5, 5.41) is 0. The van der Waals surface area contributed by atoms with E-state index in [1.165, 1.54) is 12.1 Å². The van der Waals surface area contributed by atoms with E-state index in [2.05, 4.69) is 41.6 Å². The normalized spacial score (nSPS) is 18.2. The minimum Gasteiger partial charge on any atom is -0.354 e. The van der Waals surface area contributed by atoms with Crippen LogP contribution in [0.4, 0.5) is 5.82 Å². The molecule has 2 heterocycles. The number of nitrogens with two attached hydrogens (primary N) is 1. The first-order chi connectivity index (χ1) is 10.1. The maximum absolute atomic E-state index is 6.13. The number of aromatic nitrogens is 1. The lowest BCUT2D eigenvalue weighted by molar-refractivity contribution is 0.230. The van der Waals surface area contributed by atoms with Gasteiger partial charge in [-0.2, -0.15) is 0 Å². The molecule has 1 fully saturated rings. The van der Waals surface area contributed by atoms with E-state index in [0.29, 0.717) is 0 Å². The Balaban J connectivity index is 1.99. The number of pyridine rings is 1. The maximum Gasteiger partial charge on any atom is 0.131 e. The van der Waals surface area contributed by atoms with Gasteiger partial charge in [-0.1, -0.05) is 26.8 Å². The molecule has 1 aromatic heterocycles. The molecule has 0 aliphatic carbocycles. The fourth-order valence-electron chi connectivity index (χ4n) is 2.96. The molecule has 0 aromatic carbocycles. The largest absolute Gasteiger partial charge is 0.354 e. The molecule has 1 atom stereocenters. The average molecular weight is 290 g/mol. The predicted molar refractivity (Wildman–Crippen MR) is 89.7 cm³/mol. The van der Waals surface area contributed by atoms with Crippen molar-refractivity contribution in [1.82, 2.24) is 9.88 Å². The van der Waals surface area contributed by atoms with Crippen LogP contribution in [0.2, 0.25) is 0 Å². The second-order valence-electron chi connectivity index (χ2n) is 6.54. The van der Waals surface area contributed by atoms with Gasteiger partial charge in [0.25, 0.3) is 0 Å². The lowest BCUT2D eigenvalue weighted by atomic mass is 10.0. The molecule has 0 radical (unpaired) electrons. The summed E-state index contributed by atoms with van der Waals surface area (Å²) in [4.78, 5) is 9.61. The van der Waals surface area contributed by atoms with E-state index in [1.807, 2.05) is 12.3 Å². The van der Waals surface area contributed by atoms with Crippen molar-refractivity contribution in [1.29, 1.82) is 0 Å². The number of rotatable bonds is 6. The zero-order valence-electron chi connectivity index (χ0n) is 13.8. The van der Waals surface area contributed by atoms with Gasteiger partial charge in [0.1, 0.15) is 5.82 Å². The van der Waals surface area contributed by atoms with E-state index in [9.17, 15) is 0 Å². The van der Waals surface area contributed by atoms with Gasteiger partial charge in [-0.15, -0.1) is 0 Å². The van der Waals surface area contributed by atoms with Crippen molar-refractivity contribution in [2.24, 2.45) is 11.7 Å². The third-order valence-electron chi connectivity index (χ3n) is 4.17. The van der Waals surface area contributed by atoms with E-state index in [4.69, 9.17) is 5.73 Å². The molecule has 0 bridgehead atoms. The lowest BCUT2D eigenvalue weighted by Crippen LogP contribution is -2.48. The third-order valence-corrected chi connectivity index (χ3v) is 4.17. The number of piperazine rings is 1. The minimum absolute atomic E-state index is 0.232. The summed E-state index contributed by atoms with van der Waals surface area (Å²) in [5.41, 5.74) is 7.42. The monoisotopic (exact) mass is 290 g/mol. The van der Waals surface area contributed by atoms with E-state index in [0.717, 1.165) is 50.8 Å². The third kappa shape index (κ3) is 4.68. The Morgan fingerprint density at radius 3 is 2.57 bits per heavy atom. The van der Waals surface area contributed by atoms with Crippen molar-refractivity contribution in [2.45, 2.75) is 39.7 Å². The van der Waals surface area contributed by atoms with Crippen LogP contribution in [0.25, 0.3) is 0 Å². The Bertz CT molecular complexity index is 425. The van der Waals surface area contributed by atoms with Crippen molar-refractivity contribution >= 4 is 5.82 Å². The van der Waals surface area contributed by atoms with Crippen molar-refractivity contribution in [3.63, 3.8) is 0 Å². The van der Waals surface area contributed by atoms with Gasteiger partial charge in [0, 0.05) is 45.0 Å². The summed E-state index contributed by atoms with van der Waals surface area (Å²) >= 11 is 0. The molecule has 1 aliphatic rings. The van der Waals surface area contributed by atoms with Gasteiger partial charge < -0.3 is 10.6 Å². The topological polar surface area (TPSA) is 45.4 Å². The summed E-state index contributed by atoms with van der Waals surface area (Å²) in [6.45, 7) is 12.3. The smallest absolute Gasteiger partial charge is 0.131 e. The van der Waals surface area contributed by atoms with Gasteiger partial charge in [0.2, 0.25) is 0 Å². The highest BCUT2D eigenvalue weighted by Crippen LogP contribution is 2.20.